The minimum Gasteiger partial charge on any atom is -0.396 e. The maximum absolute atomic E-state index is 8.82. The van der Waals surface area contributed by atoms with E-state index >= 15 is 0 Å². The zero-order chi connectivity index (χ0) is 7.14. The molecule has 10 heavy (non-hydrogen) atoms. The van der Waals surface area contributed by atoms with E-state index in [2.05, 4.69) is 4.90 Å². The molecule has 1 aliphatic heterocycles. The van der Waals surface area contributed by atoms with Crippen LogP contribution in [0.2, 0.25) is 0 Å². The minimum absolute atomic E-state index is 0.383. The van der Waals surface area contributed by atoms with Crippen molar-refractivity contribution in [3.05, 3.63) is 0 Å². The van der Waals surface area contributed by atoms with Gasteiger partial charge in [0.2, 0.25) is 0 Å². The average molecular weight is 142 g/mol. The lowest BCUT2D eigenvalue weighted by atomic mass is 10.3. The summed E-state index contributed by atoms with van der Waals surface area (Å²) >= 11 is 0. The molecule has 0 bridgehead atoms. The molecular weight excluding hydrogens is 128 g/mol. The number of nitrogens with zero attached hydrogens (tertiary/aromatic N) is 1. The van der Waals surface area contributed by atoms with Crippen LogP contribution in [0.5, 0.6) is 0 Å². The third-order valence-corrected chi connectivity index (χ3v) is 2.92. The van der Waals surface area contributed by atoms with E-state index < -0.39 is 0 Å². The van der Waals surface area contributed by atoms with Crippen LogP contribution in [-0.4, -0.2) is 36.4 Å². The lowest BCUT2D eigenvalue weighted by Crippen LogP contribution is -2.30. The molecule has 0 aromatic rings. The van der Waals surface area contributed by atoms with E-state index in [9.17, 15) is 0 Å². The highest BCUT2D eigenvalue weighted by Gasteiger charge is 2.54. The Hall–Kier alpha value is -0.120. The molecule has 0 amide bonds. The lowest BCUT2D eigenvalue weighted by molar-refractivity contribution is 0.223. The van der Waals surface area contributed by atoms with Gasteiger partial charge in [0.25, 0.3) is 0 Å². The van der Waals surface area contributed by atoms with E-state index in [0.29, 0.717) is 19.2 Å². The molecule has 2 aliphatic rings. The molecule has 1 saturated carbocycles. The summed E-state index contributed by atoms with van der Waals surface area (Å²) in [6.45, 7) is 3.30. The summed E-state index contributed by atoms with van der Waals surface area (Å²) < 4.78 is 0. The van der Waals surface area contributed by atoms with Crippen molar-refractivity contribution in [1.29, 1.82) is 0 Å². The molecule has 3 heteroatoms. The van der Waals surface area contributed by atoms with Crippen LogP contribution in [0.15, 0.2) is 0 Å². The highest BCUT2D eigenvalue weighted by atomic mass is 16.3. The third-order valence-electron chi connectivity index (χ3n) is 2.92. The molecule has 3 N–H and O–H groups in total. The van der Waals surface area contributed by atoms with Crippen molar-refractivity contribution in [2.75, 3.05) is 26.4 Å². The third kappa shape index (κ3) is 0.779. The van der Waals surface area contributed by atoms with Crippen molar-refractivity contribution in [1.82, 2.24) is 4.90 Å². The van der Waals surface area contributed by atoms with Gasteiger partial charge in [-0.25, -0.2) is 0 Å². The fourth-order valence-electron chi connectivity index (χ4n) is 2.16. The predicted octanol–water partition coefficient (Wildman–Crippen LogP) is -0.927. The molecule has 0 spiro atoms. The van der Waals surface area contributed by atoms with Gasteiger partial charge in [0.15, 0.2) is 0 Å². The molecule has 0 aromatic heterocycles. The minimum atomic E-state index is 0.383. The van der Waals surface area contributed by atoms with Crippen LogP contribution in [0.4, 0.5) is 0 Å². The van der Waals surface area contributed by atoms with E-state index in [1.165, 1.54) is 0 Å². The summed E-state index contributed by atoms with van der Waals surface area (Å²) in [7, 11) is 0. The fraction of sp³-hybridized carbons (Fsp3) is 1.00. The molecule has 2 fully saturated rings. The number of nitrogens with two attached hydrogens (primary N) is 1. The van der Waals surface area contributed by atoms with Crippen molar-refractivity contribution in [3.63, 3.8) is 0 Å². The van der Waals surface area contributed by atoms with Crippen molar-refractivity contribution < 1.29 is 5.11 Å². The standard InChI is InChI=1S/C7H14N2O/c8-4-9-1-5-6(2-9)7(5)3-10/h5-7,10H,1-4,8H2. The van der Waals surface area contributed by atoms with E-state index in [1.807, 2.05) is 0 Å². The Kier molecular flexibility index (Phi) is 1.44. The second kappa shape index (κ2) is 2.19. The Bertz CT molecular complexity index is 126. The first-order valence-corrected chi connectivity index (χ1v) is 3.90. The molecule has 1 aliphatic carbocycles. The molecule has 3 nitrogen and oxygen atoms in total. The second-order valence-electron chi connectivity index (χ2n) is 3.39. The first kappa shape index (κ1) is 6.58. The molecule has 2 unspecified atom stereocenters. The van der Waals surface area contributed by atoms with Crippen molar-refractivity contribution >= 4 is 0 Å². The SMILES string of the molecule is NCN1CC2C(CO)C2C1. The maximum Gasteiger partial charge on any atom is 0.0465 e. The van der Waals surface area contributed by atoms with Crippen molar-refractivity contribution in [2.24, 2.45) is 23.5 Å². The number of piperidine rings is 1. The number of likely N-dealkylation sites (tertiary alicyclic amines) is 1. The highest BCUT2D eigenvalue weighted by molar-refractivity contribution is 5.04. The van der Waals surface area contributed by atoms with Crippen LogP contribution in [0.1, 0.15) is 0 Å². The van der Waals surface area contributed by atoms with Gasteiger partial charge in [0.05, 0.1) is 0 Å². The number of aliphatic hydroxyl groups excluding tert-OH is 1. The van der Waals surface area contributed by atoms with Gasteiger partial charge in [-0.1, -0.05) is 0 Å². The Balaban J connectivity index is 1.84. The van der Waals surface area contributed by atoms with Crippen LogP contribution in [0.25, 0.3) is 0 Å². The Morgan fingerprint density at radius 1 is 1.40 bits per heavy atom. The zero-order valence-electron chi connectivity index (χ0n) is 6.03. The number of fused-ring (bicyclic) bond motifs is 1. The average Bonchev–Trinajstić information content (AvgIpc) is 2.43. The van der Waals surface area contributed by atoms with Crippen molar-refractivity contribution in [2.45, 2.75) is 0 Å². The van der Waals surface area contributed by atoms with Gasteiger partial charge in [-0.05, 0) is 17.8 Å². The topological polar surface area (TPSA) is 49.5 Å². The zero-order valence-corrected chi connectivity index (χ0v) is 6.03. The molecule has 1 heterocycles. The Morgan fingerprint density at radius 2 is 2.00 bits per heavy atom. The fourth-order valence-corrected chi connectivity index (χ4v) is 2.16. The molecular formula is C7H14N2O. The molecule has 0 radical (unpaired) electrons. The Labute approximate surface area is 60.8 Å². The Morgan fingerprint density at radius 3 is 2.40 bits per heavy atom. The van der Waals surface area contributed by atoms with Gasteiger partial charge in [-0.2, -0.15) is 0 Å². The summed E-state index contributed by atoms with van der Waals surface area (Å²) in [5.41, 5.74) is 5.47. The quantitative estimate of drug-likeness (QED) is 0.524. The number of rotatable bonds is 2. The molecule has 0 aromatic carbocycles. The first-order valence-electron chi connectivity index (χ1n) is 3.90. The van der Waals surface area contributed by atoms with Crippen LogP contribution in [0, 0.1) is 17.8 Å². The van der Waals surface area contributed by atoms with Crippen molar-refractivity contribution in [3.8, 4) is 0 Å². The predicted molar refractivity (Wildman–Crippen MR) is 38.2 cm³/mol. The van der Waals surface area contributed by atoms with Crippen LogP contribution >= 0.6 is 0 Å². The summed E-state index contributed by atoms with van der Waals surface area (Å²) in [6.07, 6.45) is 0. The summed E-state index contributed by atoms with van der Waals surface area (Å²) in [4.78, 5) is 2.25. The second-order valence-corrected chi connectivity index (χ2v) is 3.39. The lowest BCUT2D eigenvalue weighted by Gasteiger charge is -2.15. The number of hydrogen-bond acceptors (Lipinski definition) is 3. The van der Waals surface area contributed by atoms with Crippen LogP contribution in [0.3, 0.4) is 0 Å². The van der Waals surface area contributed by atoms with Crippen LogP contribution in [-0.2, 0) is 0 Å². The van der Waals surface area contributed by atoms with E-state index in [0.717, 1.165) is 24.9 Å². The van der Waals surface area contributed by atoms with E-state index in [4.69, 9.17) is 10.8 Å². The number of aliphatic hydroxyl groups is 1. The monoisotopic (exact) mass is 142 g/mol. The summed E-state index contributed by atoms with van der Waals surface area (Å²) in [5, 5.41) is 8.82. The van der Waals surface area contributed by atoms with Gasteiger partial charge in [0.1, 0.15) is 0 Å². The smallest absolute Gasteiger partial charge is 0.0465 e. The highest BCUT2D eigenvalue weighted by Crippen LogP contribution is 2.50. The molecule has 2 rings (SSSR count). The largest absolute Gasteiger partial charge is 0.396 e. The van der Waals surface area contributed by atoms with E-state index in [-0.39, 0.29) is 0 Å². The van der Waals surface area contributed by atoms with E-state index in [1.54, 1.807) is 0 Å². The first-order chi connectivity index (χ1) is 4.86. The van der Waals surface area contributed by atoms with Gasteiger partial charge < -0.3 is 10.8 Å². The van der Waals surface area contributed by atoms with Crippen LogP contribution < -0.4 is 5.73 Å². The molecule has 58 valence electrons. The molecule has 2 atom stereocenters. The summed E-state index contributed by atoms with van der Waals surface area (Å²) in [6, 6.07) is 0. The van der Waals surface area contributed by atoms with Gasteiger partial charge in [-0.3, -0.25) is 4.90 Å². The molecule has 1 saturated heterocycles. The van der Waals surface area contributed by atoms with Gasteiger partial charge in [-0.15, -0.1) is 0 Å². The summed E-state index contributed by atoms with van der Waals surface area (Å²) in [5.74, 6) is 2.16. The normalized spacial score (nSPS) is 45.6. The number of hydrogen-bond donors (Lipinski definition) is 2. The maximum atomic E-state index is 8.82. The van der Waals surface area contributed by atoms with Gasteiger partial charge >= 0.3 is 0 Å². The van der Waals surface area contributed by atoms with Gasteiger partial charge in [0, 0.05) is 26.4 Å².